The van der Waals surface area contributed by atoms with Crippen molar-refractivity contribution in [2.24, 2.45) is 0 Å². The lowest BCUT2D eigenvalue weighted by atomic mass is 10.1. The molecule has 0 radical (unpaired) electrons. The Morgan fingerprint density at radius 2 is 2.12 bits per heavy atom. The molecular formula is C14H20N2S. The molecule has 1 N–H and O–H groups in total. The maximum atomic E-state index is 4.64. The zero-order chi connectivity index (χ0) is 12.1. The van der Waals surface area contributed by atoms with Gasteiger partial charge in [-0.25, -0.2) is 4.98 Å². The summed E-state index contributed by atoms with van der Waals surface area (Å²) in [5.41, 5.74) is 1.12. The van der Waals surface area contributed by atoms with E-state index in [0.29, 0.717) is 6.04 Å². The number of fused-ring (bicyclic) bond motifs is 1. The Labute approximate surface area is 107 Å². The first-order valence-electron chi connectivity index (χ1n) is 6.41. The predicted octanol–water partition coefficient (Wildman–Crippen LogP) is 3.96. The SMILES string of the molecule is CCCC(CC)NCc1nc2ccccc2s1. The van der Waals surface area contributed by atoms with Gasteiger partial charge in [-0.15, -0.1) is 11.3 Å². The summed E-state index contributed by atoms with van der Waals surface area (Å²) in [6.07, 6.45) is 3.69. The van der Waals surface area contributed by atoms with Gasteiger partial charge in [-0.3, -0.25) is 0 Å². The molecule has 0 spiro atoms. The van der Waals surface area contributed by atoms with Gasteiger partial charge in [-0.2, -0.15) is 0 Å². The first-order chi connectivity index (χ1) is 8.33. The third-order valence-corrected chi connectivity index (χ3v) is 4.05. The summed E-state index contributed by atoms with van der Waals surface area (Å²) >= 11 is 1.79. The van der Waals surface area contributed by atoms with E-state index in [0.717, 1.165) is 12.1 Å². The molecule has 1 unspecified atom stereocenters. The lowest BCUT2D eigenvalue weighted by Gasteiger charge is -2.14. The maximum Gasteiger partial charge on any atom is 0.108 e. The van der Waals surface area contributed by atoms with Crippen molar-refractivity contribution in [3.8, 4) is 0 Å². The average Bonchev–Trinajstić information content (AvgIpc) is 2.77. The minimum Gasteiger partial charge on any atom is -0.308 e. The molecular weight excluding hydrogens is 228 g/mol. The summed E-state index contributed by atoms with van der Waals surface area (Å²) in [6.45, 7) is 5.38. The molecule has 1 heterocycles. The number of thiazole rings is 1. The molecule has 2 aromatic rings. The third-order valence-electron chi connectivity index (χ3n) is 3.01. The van der Waals surface area contributed by atoms with Gasteiger partial charge in [0.25, 0.3) is 0 Å². The summed E-state index contributed by atoms with van der Waals surface area (Å²) in [7, 11) is 0. The van der Waals surface area contributed by atoms with Crippen LogP contribution in [0.1, 0.15) is 38.1 Å². The van der Waals surface area contributed by atoms with Gasteiger partial charge in [-0.05, 0) is 25.0 Å². The van der Waals surface area contributed by atoms with E-state index in [1.807, 2.05) is 6.07 Å². The Bertz CT molecular complexity index is 431. The van der Waals surface area contributed by atoms with Crippen molar-refractivity contribution >= 4 is 21.6 Å². The normalized spacial score (nSPS) is 13.1. The molecule has 0 aliphatic rings. The fourth-order valence-corrected chi connectivity index (χ4v) is 2.94. The largest absolute Gasteiger partial charge is 0.308 e. The van der Waals surface area contributed by atoms with E-state index < -0.39 is 0 Å². The molecule has 0 saturated carbocycles. The highest BCUT2D eigenvalue weighted by molar-refractivity contribution is 7.18. The highest BCUT2D eigenvalue weighted by Crippen LogP contribution is 2.21. The molecule has 1 aromatic heterocycles. The lowest BCUT2D eigenvalue weighted by Crippen LogP contribution is -2.27. The van der Waals surface area contributed by atoms with Crippen molar-refractivity contribution < 1.29 is 0 Å². The van der Waals surface area contributed by atoms with Crippen LogP contribution >= 0.6 is 11.3 Å². The van der Waals surface area contributed by atoms with E-state index in [2.05, 4.69) is 42.3 Å². The highest BCUT2D eigenvalue weighted by Gasteiger charge is 2.07. The van der Waals surface area contributed by atoms with Crippen LogP contribution in [-0.2, 0) is 6.54 Å². The Morgan fingerprint density at radius 3 is 2.82 bits per heavy atom. The van der Waals surface area contributed by atoms with Crippen molar-refractivity contribution in [3.05, 3.63) is 29.3 Å². The fourth-order valence-electron chi connectivity index (χ4n) is 2.03. The summed E-state index contributed by atoms with van der Waals surface area (Å²) in [5.74, 6) is 0. The second kappa shape index (κ2) is 6.12. The molecule has 0 saturated heterocycles. The molecule has 92 valence electrons. The van der Waals surface area contributed by atoms with Gasteiger partial charge in [0.1, 0.15) is 5.01 Å². The number of nitrogens with zero attached hydrogens (tertiary/aromatic N) is 1. The highest BCUT2D eigenvalue weighted by atomic mass is 32.1. The molecule has 2 rings (SSSR count). The van der Waals surface area contributed by atoms with Crippen LogP contribution in [0.25, 0.3) is 10.2 Å². The van der Waals surface area contributed by atoms with E-state index in [4.69, 9.17) is 0 Å². The molecule has 0 aliphatic heterocycles. The van der Waals surface area contributed by atoms with Crippen LogP contribution in [0.4, 0.5) is 0 Å². The molecule has 2 nitrogen and oxygen atoms in total. The number of hydrogen-bond donors (Lipinski definition) is 1. The van der Waals surface area contributed by atoms with Gasteiger partial charge in [-0.1, -0.05) is 32.4 Å². The van der Waals surface area contributed by atoms with Crippen LogP contribution in [0.3, 0.4) is 0 Å². The van der Waals surface area contributed by atoms with Crippen LogP contribution < -0.4 is 5.32 Å². The second-order valence-corrected chi connectivity index (χ2v) is 5.47. The van der Waals surface area contributed by atoms with E-state index in [-0.39, 0.29) is 0 Å². The molecule has 0 aliphatic carbocycles. The first-order valence-corrected chi connectivity index (χ1v) is 7.23. The van der Waals surface area contributed by atoms with E-state index >= 15 is 0 Å². The molecule has 1 aromatic carbocycles. The van der Waals surface area contributed by atoms with Gasteiger partial charge in [0, 0.05) is 12.6 Å². The zero-order valence-electron chi connectivity index (χ0n) is 10.6. The maximum absolute atomic E-state index is 4.64. The summed E-state index contributed by atoms with van der Waals surface area (Å²) in [6, 6.07) is 8.97. The minimum atomic E-state index is 0.631. The Balaban J connectivity index is 1.98. The zero-order valence-corrected chi connectivity index (χ0v) is 11.4. The molecule has 0 bridgehead atoms. The van der Waals surface area contributed by atoms with Gasteiger partial charge in [0.2, 0.25) is 0 Å². The quantitative estimate of drug-likeness (QED) is 0.837. The Hall–Kier alpha value is -0.930. The standard InChI is InChI=1S/C14H20N2S/c1-3-7-11(4-2)15-10-14-16-12-8-5-6-9-13(12)17-14/h5-6,8-9,11,15H,3-4,7,10H2,1-2H3. The minimum absolute atomic E-state index is 0.631. The van der Waals surface area contributed by atoms with Gasteiger partial charge in [0.15, 0.2) is 0 Å². The average molecular weight is 248 g/mol. The van der Waals surface area contributed by atoms with Crippen molar-refractivity contribution in [1.29, 1.82) is 0 Å². The van der Waals surface area contributed by atoms with Crippen molar-refractivity contribution in [1.82, 2.24) is 10.3 Å². The van der Waals surface area contributed by atoms with Gasteiger partial charge in [0.05, 0.1) is 10.2 Å². The van der Waals surface area contributed by atoms with Crippen LogP contribution in [0.2, 0.25) is 0 Å². The number of nitrogens with one attached hydrogen (secondary N) is 1. The van der Waals surface area contributed by atoms with Crippen molar-refractivity contribution in [2.75, 3.05) is 0 Å². The fraction of sp³-hybridized carbons (Fsp3) is 0.500. The Kier molecular flexibility index (Phi) is 4.51. The van der Waals surface area contributed by atoms with Crippen molar-refractivity contribution in [3.63, 3.8) is 0 Å². The lowest BCUT2D eigenvalue weighted by molar-refractivity contribution is 0.462. The number of hydrogen-bond acceptors (Lipinski definition) is 3. The van der Waals surface area contributed by atoms with Gasteiger partial charge >= 0.3 is 0 Å². The number of benzene rings is 1. The summed E-state index contributed by atoms with van der Waals surface area (Å²) in [4.78, 5) is 4.64. The number of para-hydroxylation sites is 1. The van der Waals surface area contributed by atoms with E-state index in [1.54, 1.807) is 11.3 Å². The number of rotatable bonds is 6. The summed E-state index contributed by atoms with van der Waals surface area (Å²) in [5, 5.41) is 4.79. The summed E-state index contributed by atoms with van der Waals surface area (Å²) < 4.78 is 1.29. The molecule has 0 amide bonds. The van der Waals surface area contributed by atoms with Crippen LogP contribution in [0.5, 0.6) is 0 Å². The van der Waals surface area contributed by atoms with Gasteiger partial charge < -0.3 is 5.32 Å². The molecule has 1 atom stereocenters. The first kappa shape index (κ1) is 12.5. The topological polar surface area (TPSA) is 24.9 Å². The monoisotopic (exact) mass is 248 g/mol. The molecule has 17 heavy (non-hydrogen) atoms. The van der Waals surface area contributed by atoms with Crippen molar-refractivity contribution in [2.45, 2.75) is 45.7 Å². The molecule has 0 fully saturated rings. The molecule has 3 heteroatoms. The van der Waals surface area contributed by atoms with E-state index in [1.165, 1.54) is 29.0 Å². The number of aromatic nitrogens is 1. The van der Waals surface area contributed by atoms with E-state index in [9.17, 15) is 0 Å². The smallest absolute Gasteiger partial charge is 0.108 e. The van der Waals surface area contributed by atoms with Crippen LogP contribution in [0.15, 0.2) is 24.3 Å². The third kappa shape index (κ3) is 3.27. The van der Waals surface area contributed by atoms with Crippen LogP contribution in [0, 0.1) is 0 Å². The van der Waals surface area contributed by atoms with Crippen LogP contribution in [-0.4, -0.2) is 11.0 Å². The Morgan fingerprint density at radius 1 is 1.29 bits per heavy atom. The second-order valence-electron chi connectivity index (χ2n) is 4.35. The predicted molar refractivity (Wildman–Crippen MR) is 75.4 cm³/mol.